The molecule has 0 spiro atoms. The van der Waals surface area contributed by atoms with Gasteiger partial charge in [0, 0.05) is 11.1 Å². The van der Waals surface area contributed by atoms with Crippen molar-refractivity contribution in [3.8, 4) is 0 Å². The van der Waals surface area contributed by atoms with Gasteiger partial charge in [0.15, 0.2) is 0 Å². The number of amides is 2. The highest BCUT2D eigenvalue weighted by Gasteiger charge is 2.42. The van der Waals surface area contributed by atoms with Gasteiger partial charge in [-0.25, -0.2) is 0 Å². The molecule has 0 unspecified atom stereocenters. The molecule has 5 nitrogen and oxygen atoms in total. The summed E-state index contributed by atoms with van der Waals surface area (Å²) in [7, 11) is 0. The summed E-state index contributed by atoms with van der Waals surface area (Å²) in [5, 5.41) is 0.0343. The van der Waals surface area contributed by atoms with Gasteiger partial charge >= 0.3 is 0 Å². The highest BCUT2D eigenvalue weighted by molar-refractivity contribution is 6.47. The lowest BCUT2D eigenvalue weighted by Crippen LogP contribution is -3.15. The van der Waals surface area contributed by atoms with Crippen LogP contribution in [0.4, 0.5) is 0 Å². The number of carbonyl (C=O) groups is 2. The van der Waals surface area contributed by atoms with Crippen LogP contribution >= 0.6 is 11.6 Å². The fraction of sp³-hybridized carbons (Fsp3) is 0.214. The van der Waals surface area contributed by atoms with Gasteiger partial charge in [0.2, 0.25) is 0 Å². The molecule has 2 amide bonds. The molecule has 0 radical (unpaired) electrons. The summed E-state index contributed by atoms with van der Waals surface area (Å²) in [5.41, 5.74) is 3.79. The van der Waals surface area contributed by atoms with E-state index in [0.29, 0.717) is 18.8 Å². The molecule has 34 heavy (non-hydrogen) atoms. The zero-order valence-electron chi connectivity index (χ0n) is 18.9. The molecule has 0 saturated carbocycles. The maximum atomic E-state index is 13.2. The van der Waals surface area contributed by atoms with E-state index in [1.54, 1.807) is 0 Å². The molecule has 1 fully saturated rings. The van der Waals surface area contributed by atoms with E-state index in [9.17, 15) is 9.59 Å². The SMILES string of the molecule is O=C1C(Cl)=C(N2CC[NH+](C(c3ccccc3)c3ccccc3)CC2)C(=O)N1Cc1ccccc1. The minimum Gasteiger partial charge on any atom is -0.354 e. The molecule has 0 aliphatic carbocycles. The first-order chi connectivity index (χ1) is 16.6. The number of benzene rings is 3. The summed E-state index contributed by atoms with van der Waals surface area (Å²) >= 11 is 6.43. The summed E-state index contributed by atoms with van der Waals surface area (Å²) in [6.45, 7) is 3.22. The molecule has 0 aromatic heterocycles. The number of hydrogen-bond donors (Lipinski definition) is 1. The van der Waals surface area contributed by atoms with Gasteiger partial charge < -0.3 is 9.80 Å². The van der Waals surface area contributed by atoms with E-state index < -0.39 is 5.91 Å². The van der Waals surface area contributed by atoms with Crippen molar-refractivity contribution >= 4 is 23.4 Å². The molecule has 3 aromatic carbocycles. The van der Waals surface area contributed by atoms with Crippen LogP contribution in [0.1, 0.15) is 22.7 Å². The number of carbonyl (C=O) groups excluding carboxylic acids is 2. The largest absolute Gasteiger partial charge is 0.354 e. The van der Waals surface area contributed by atoms with Crippen molar-refractivity contribution in [1.29, 1.82) is 0 Å². The van der Waals surface area contributed by atoms with E-state index in [1.807, 2.05) is 47.4 Å². The van der Waals surface area contributed by atoms with E-state index >= 15 is 0 Å². The Balaban J connectivity index is 1.32. The fourth-order valence-electron chi connectivity index (χ4n) is 4.98. The third kappa shape index (κ3) is 4.37. The number of imide groups is 1. The zero-order chi connectivity index (χ0) is 23.5. The predicted molar refractivity (Wildman–Crippen MR) is 132 cm³/mol. The van der Waals surface area contributed by atoms with Crippen molar-refractivity contribution in [2.75, 3.05) is 26.2 Å². The third-order valence-electron chi connectivity index (χ3n) is 6.67. The molecule has 0 atom stereocenters. The number of quaternary nitrogens is 1. The highest BCUT2D eigenvalue weighted by atomic mass is 35.5. The van der Waals surface area contributed by atoms with Crippen molar-refractivity contribution in [3.05, 3.63) is 118 Å². The maximum Gasteiger partial charge on any atom is 0.279 e. The van der Waals surface area contributed by atoms with Gasteiger partial charge in [-0.1, -0.05) is 103 Å². The molecule has 0 bridgehead atoms. The van der Waals surface area contributed by atoms with E-state index in [1.165, 1.54) is 20.9 Å². The Hall–Kier alpha value is -3.41. The minimum absolute atomic E-state index is 0.0343. The van der Waals surface area contributed by atoms with Crippen molar-refractivity contribution in [2.24, 2.45) is 0 Å². The van der Waals surface area contributed by atoms with Gasteiger partial charge in [-0.15, -0.1) is 0 Å². The molecular weight excluding hydrogens is 446 g/mol. The van der Waals surface area contributed by atoms with E-state index in [-0.39, 0.29) is 23.5 Å². The maximum absolute atomic E-state index is 13.2. The molecule has 2 aliphatic rings. The van der Waals surface area contributed by atoms with Crippen LogP contribution in [0.2, 0.25) is 0 Å². The Bertz CT molecular complexity index is 1150. The fourth-order valence-corrected chi connectivity index (χ4v) is 5.28. The molecule has 172 valence electrons. The molecule has 3 aromatic rings. The first kappa shape index (κ1) is 22.4. The number of halogens is 1. The Morgan fingerprint density at radius 2 is 1.24 bits per heavy atom. The topological polar surface area (TPSA) is 45.1 Å². The van der Waals surface area contributed by atoms with Gasteiger partial charge in [0.1, 0.15) is 16.8 Å². The summed E-state index contributed by atoms with van der Waals surface area (Å²) < 4.78 is 0. The normalized spacial score (nSPS) is 17.2. The van der Waals surface area contributed by atoms with Crippen LogP contribution in [-0.2, 0) is 16.1 Å². The van der Waals surface area contributed by atoms with Crippen LogP contribution in [0.5, 0.6) is 0 Å². The number of rotatable bonds is 6. The predicted octanol–water partition coefficient (Wildman–Crippen LogP) is 3.00. The lowest BCUT2D eigenvalue weighted by molar-refractivity contribution is -0.929. The van der Waals surface area contributed by atoms with Crippen LogP contribution in [0.25, 0.3) is 0 Å². The number of hydrogen-bond acceptors (Lipinski definition) is 3. The van der Waals surface area contributed by atoms with E-state index in [0.717, 1.165) is 18.7 Å². The molecule has 6 heteroatoms. The van der Waals surface area contributed by atoms with Crippen molar-refractivity contribution in [1.82, 2.24) is 9.80 Å². The molecule has 2 aliphatic heterocycles. The van der Waals surface area contributed by atoms with Crippen molar-refractivity contribution in [3.63, 3.8) is 0 Å². The zero-order valence-corrected chi connectivity index (χ0v) is 19.6. The van der Waals surface area contributed by atoms with Gasteiger partial charge in [0.05, 0.1) is 32.7 Å². The molecular formula is C28H27ClN3O2+. The smallest absolute Gasteiger partial charge is 0.279 e. The second-order valence-corrected chi connectivity index (χ2v) is 9.12. The van der Waals surface area contributed by atoms with Crippen LogP contribution in [-0.4, -0.2) is 47.8 Å². The average Bonchev–Trinajstić information content (AvgIpc) is 3.10. The van der Waals surface area contributed by atoms with Gasteiger partial charge in [-0.2, -0.15) is 0 Å². The Labute approximate surface area is 204 Å². The number of nitrogens with one attached hydrogen (secondary N) is 1. The first-order valence-electron chi connectivity index (χ1n) is 11.6. The Kier molecular flexibility index (Phi) is 6.48. The monoisotopic (exact) mass is 472 g/mol. The Morgan fingerprint density at radius 3 is 1.76 bits per heavy atom. The van der Waals surface area contributed by atoms with E-state index in [4.69, 9.17) is 11.6 Å². The van der Waals surface area contributed by atoms with Gasteiger partial charge in [0.25, 0.3) is 11.8 Å². The summed E-state index contributed by atoms with van der Waals surface area (Å²) in [6.07, 6.45) is 0. The van der Waals surface area contributed by atoms with Crippen LogP contribution < -0.4 is 4.90 Å². The second kappa shape index (κ2) is 9.84. The second-order valence-electron chi connectivity index (χ2n) is 8.74. The molecule has 1 N–H and O–H groups in total. The summed E-state index contributed by atoms with van der Waals surface area (Å²) in [6, 6.07) is 30.8. The quantitative estimate of drug-likeness (QED) is 0.561. The van der Waals surface area contributed by atoms with Crippen LogP contribution in [0.3, 0.4) is 0 Å². The van der Waals surface area contributed by atoms with Crippen LogP contribution in [0.15, 0.2) is 102 Å². The van der Waals surface area contributed by atoms with Gasteiger partial charge in [-0.3, -0.25) is 14.5 Å². The van der Waals surface area contributed by atoms with Crippen LogP contribution in [0, 0.1) is 0 Å². The lowest BCUT2D eigenvalue weighted by Gasteiger charge is -2.38. The standard InChI is InChI=1S/C28H26ClN3O2/c29-24-26(28(34)32(27(24)33)20-21-10-4-1-5-11-21)31-18-16-30(17-19-31)25(22-12-6-2-7-13-22)23-14-8-3-9-15-23/h1-15,25H,16-20H2/p+1. The lowest BCUT2D eigenvalue weighted by atomic mass is 9.96. The summed E-state index contributed by atoms with van der Waals surface area (Å²) in [4.78, 5) is 30.7. The van der Waals surface area contributed by atoms with Crippen molar-refractivity contribution in [2.45, 2.75) is 12.6 Å². The third-order valence-corrected chi connectivity index (χ3v) is 7.01. The highest BCUT2D eigenvalue weighted by Crippen LogP contribution is 2.28. The number of piperazine rings is 1. The van der Waals surface area contributed by atoms with E-state index in [2.05, 4.69) is 48.5 Å². The van der Waals surface area contributed by atoms with Gasteiger partial charge in [-0.05, 0) is 5.56 Å². The van der Waals surface area contributed by atoms with Crippen molar-refractivity contribution < 1.29 is 14.5 Å². The molecule has 2 heterocycles. The summed E-state index contributed by atoms with van der Waals surface area (Å²) in [5.74, 6) is -0.711. The first-order valence-corrected chi connectivity index (χ1v) is 12.0. The molecule has 5 rings (SSSR count). The molecule has 1 saturated heterocycles. The Morgan fingerprint density at radius 1 is 0.735 bits per heavy atom. The average molecular weight is 473 g/mol. The number of nitrogens with zero attached hydrogens (tertiary/aromatic N) is 2. The minimum atomic E-state index is -0.410.